The molecule has 0 radical (unpaired) electrons. The first-order valence-electron chi connectivity index (χ1n) is 5.22. The highest BCUT2D eigenvalue weighted by atomic mass is 19.2. The molecule has 86 valence electrons. The van der Waals surface area contributed by atoms with Gasteiger partial charge in [0.2, 0.25) is 0 Å². The van der Waals surface area contributed by atoms with Crippen LogP contribution in [0.1, 0.15) is 31.0 Å². The van der Waals surface area contributed by atoms with Gasteiger partial charge in [-0.2, -0.15) is 5.26 Å². The highest BCUT2D eigenvalue weighted by Crippen LogP contribution is 2.23. The summed E-state index contributed by atoms with van der Waals surface area (Å²) in [5.74, 6) is -1.80. The fraction of sp³-hybridized carbons (Fsp3) is 0.231. The lowest BCUT2D eigenvalue weighted by molar-refractivity contribution is 0.510. The number of halogens is 2. The van der Waals surface area contributed by atoms with Crippen LogP contribution in [0.25, 0.3) is 10.9 Å². The van der Waals surface area contributed by atoms with Crippen LogP contribution in [0.5, 0.6) is 0 Å². The molecule has 2 aromatic rings. The predicted molar refractivity (Wildman–Crippen MR) is 60.5 cm³/mol. The second-order valence-corrected chi connectivity index (χ2v) is 4.15. The summed E-state index contributed by atoms with van der Waals surface area (Å²) in [5, 5.41) is 9.43. The third-order valence-corrected chi connectivity index (χ3v) is 2.55. The number of rotatable bonds is 1. The van der Waals surface area contributed by atoms with Gasteiger partial charge in [-0.3, -0.25) is 4.98 Å². The van der Waals surface area contributed by atoms with Gasteiger partial charge >= 0.3 is 0 Å². The van der Waals surface area contributed by atoms with Crippen molar-refractivity contribution in [3.05, 3.63) is 41.1 Å². The number of hydrogen-bond acceptors (Lipinski definition) is 2. The topological polar surface area (TPSA) is 36.7 Å². The van der Waals surface area contributed by atoms with Crippen LogP contribution in [0.15, 0.2) is 18.2 Å². The lowest BCUT2D eigenvalue weighted by Crippen LogP contribution is -1.99. The van der Waals surface area contributed by atoms with Crippen molar-refractivity contribution < 1.29 is 8.78 Å². The fourth-order valence-electron chi connectivity index (χ4n) is 1.71. The summed E-state index contributed by atoms with van der Waals surface area (Å²) in [6.07, 6.45) is 0. The number of nitrogens with zero attached hydrogens (tertiary/aromatic N) is 2. The SMILES string of the molecule is CC(C)c1nc2cc(F)c(F)cc2cc1C#N. The average Bonchev–Trinajstić information content (AvgIpc) is 2.29. The molecule has 0 fully saturated rings. The van der Waals surface area contributed by atoms with Crippen molar-refractivity contribution in [2.45, 2.75) is 19.8 Å². The molecule has 1 heterocycles. The van der Waals surface area contributed by atoms with Crippen molar-refractivity contribution in [2.75, 3.05) is 0 Å². The number of aromatic nitrogens is 1. The van der Waals surface area contributed by atoms with Gasteiger partial charge in [0, 0.05) is 11.5 Å². The molecule has 0 N–H and O–H groups in total. The van der Waals surface area contributed by atoms with Gasteiger partial charge in [-0.25, -0.2) is 8.78 Å². The van der Waals surface area contributed by atoms with Crippen LogP contribution in [-0.2, 0) is 0 Å². The molecule has 1 aromatic heterocycles. The zero-order valence-corrected chi connectivity index (χ0v) is 9.46. The van der Waals surface area contributed by atoms with E-state index in [0.717, 1.165) is 12.1 Å². The van der Waals surface area contributed by atoms with Gasteiger partial charge in [0.15, 0.2) is 11.6 Å². The second-order valence-electron chi connectivity index (χ2n) is 4.15. The Bertz CT molecular complexity index is 627. The zero-order chi connectivity index (χ0) is 12.6. The molecule has 0 amide bonds. The van der Waals surface area contributed by atoms with E-state index in [-0.39, 0.29) is 5.92 Å². The highest BCUT2D eigenvalue weighted by molar-refractivity contribution is 5.80. The Kier molecular flexibility index (Phi) is 2.76. The maximum absolute atomic E-state index is 13.1. The van der Waals surface area contributed by atoms with E-state index < -0.39 is 11.6 Å². The summed E-state index contributed by atoms with van der Waals surface area (Å²) < 4.78 is 26.1. The summed E-state index contributed by atoms with van der Waals surface area (Å²) in [5.41, 5.74) is 1.37. The molecule has 0 aliphatic rings. The number of fused-ring (bicyclic) bond motifs is 1. The van der Waals surface area contributed by atoms with Gasteiger partial charge in [-0.05, 0) is 18.1 Å². The third-order valence-electron chi connectivity index (χ3n) is 2.55. The first-order valence-corrected chi connectivity index (χ1v) is 5.22. The number of benzene rings is 1. The van der Waals surface area contributed by atoms with Crippen LogP contribution < -0.4 is 0 Å². The van der Waals surface area contributed by atoms with E-state index in [1.807, 2.05) is 19.9 Å². The third kappa shape index (κ3) is 1.96. The zero-order valence-electron chi connectivity index (χ0n) is 9.46. The maximum Gasteiger partial charge on any atom is 0.161 e. The van der Waals surface area contributed by atoms with Crippen LogP contribution >= 0.6 is 0 Å². The molecule has 0 saturated carbocycles. The maximum atomic E-state index is 13.1. The van der Waals surface area contributed by atoms with E-state index in [1.165, 1.54) is 0 Å². The Morgan fingerprint density at radius 2 is 1.82 bits per heavy atom. The number of hydrogen-bond donors (Lipinski definition) is 0. The van der Waals surface area contributed by atoms with Crippen LogP contribution in [0.3, 0.4) is 0 Å². The molecule has 0 aliphatic carbocycles. The van der Waals surface area contributed by atoms with Gasteiger partial charge in [0.1, 0.15) is 6.07 Å². The Morgan fingerprint density at radius 3 is 2.41 bits per heavy atom. The van der Waals surface area contributed by atoms with Crippen molar-refractivity contribution in [3.8, 4) is 6.07 Å². The van der Waals surface area contributed by atoms with Crippen LogP contribution in [0.4, 0.5) is 8.78 Å². The summed E-state index contributed by atoms with van der Waals surface area (Å²) >= 11 is 0. The molecule has 4 heteroatoms. The lowest BCUT2D eigenvalue weighted by Gasteiger charge is -2.08. The minimum Gasteiger partial charge on any atom is -0.251 e. The Hall–Kier alpha value is -2.02. The van der Waals surface area contributed by atoms with Crippen LogP contribution in [0.2, 0.25) is 0 Å². The van der Waals surface area contributed by atoms with E-state index in [4.69, 9.17) is 5.26 Å². The first kappa shape index (κ1) is 11.5. The second kappa shape index (κ2) is 4.10. The molecule has 0 aliphatic heterocycles. The Balaban J connectivity index is 2.80. The van der Waals surface area contributed by atoms with Crippen LogP contribution in [0, 0.1) is 23.0 Å². The minimum atomic E-state index is -0.930. The van der Waals surface area contributed by atoms with Crippen molar-refractivity contribution >= 4 is 10.9 Å². The molecule has 0 atom stereocenters. The molecule has 0 bridgehead atoms. The van der Waals surface area contributed by atoms with Crippen molar-refractivity contribution in [2.24, 2.45) is 0 Å². The van der Waals surface area contributed by atoms with Gasteiger partial charge < -0.3 is 0 Å². The molecule has 2 nitrogen and oxygen atoms in total. The summed E-state index contributed by atoms with van der Waals surface area (Å²) in [7, 11) is 0. The van der Waals surface area contributed by atoms with E-state index in [2.05, 4.69) is 4.98 Å². The number of nitriles is 1. The molecule has 17 heavy (non-hydrogen) atoms. The van der Waals surface area contributed by atoms with Gasteiger partial charge in [-0.1, -0.05) is 13.8 Å². The van der Waals surface area contributed by atoms with E-state index >= 15 is 0 Å². The average molecular weight is 232 g/mol. The fourth-order valence-corrected chi connectivity index (χ4v) is 1.71. The van der Waals surface area contributed by atoms with Gasteiger partial charge in [0.05, 0.1) is 16.8 Å². The molecular weight excluding hydrogens is 222 g/mol. The normalized spacial score (nSPS) is 10.8. The number of pyridine rings is 1. The summed E-state index contributed by atoms with van der Waals surface area (Å²) in [6.45, 7) is 3.80. The van der Waals surface area contributed by atoms with E-state index in [1.54, 1.807) is 6.07 Å². The predicted octanol–water partition coefficient (Wildman–Crippen LogP) is 3.51. The van der Waals surface area contributed by atoms with E-state index in [9.17, 15) is 8.78 Å². The first-order chi connectivity index (χ1) is 8.02. The molecule has 0 spiro atoms. The Morgan fingerprint density at radius 1 is 1.18 bits per heavy atom. The van der Waals surface area contributed by atoms with E-state index in [0.29, 0.717) is 22.2 Å². The Labute approximate surface area is 97.5 Å². The molecular formula is C13H10F2N2. The molecule has 1 aromatic carbocycles. The monoisotopic (exact) mass is 232 g/mol. The van der Waals surface area contributed by atoms with Crippen molar-refractivity contribution in [1.29, 1.82) is 5.26 Å². The van der Waals surface area contributed by atoms with Crippen molar-refractivity contribution in [3.63, 3.8) is 0 Å². The largest absolute Gasteiger partial charge is 0.251 e. The summed E-state index contributed by atoms with van der Waals surface area (Å²) in [4.78, 5) is 4.22. The quantitative estimate of drug-likeness (QED) is 0.754. The van der Waals surface area contributed by atoms with Gasteiger partial charge in [-0.15, -0.1) is 0 Å². The highest BCUT2D eigenvalue weighted by Gasteiger charge is 2.12. The lowest BCUT2D eigenvalue weighted by atomic mass is 10.0. The van der Waals surface area contributed by atoms with Crippen LogP contribution in [-0.4, -0.2) is 4.98 Å². The minimum absolute atomic E-state index is 0.0576. The van der Waals surface area contributed by atoms with Crippen molar-refractivity contribution in [1.82, 2.24) is 4.98 Å². The molecule has 2 rings (SSSR count). The summed E-state index contributed by atoms with van der Waals surface area (Å²) in [6, 6.07) is 5.68. The standard InChI is InChI=1S/C13H10F2N2/c1-7(2)13-9(6-16)3-8-4-10(14)11(15)5-12(8)17-13/h3-5,7H,1-2H3. The smallest absolute Gasteiger partial charge is 0.161 e. The molecule has 0 unspecified atom stereocenters. The van der Waals surface area contributed by atoms with Gasteiger partial charge in [0.25, 0.3) is 0 Å². The molecule has 0 saturated heterocycles.